The van der Waals surface area contributed by atoms with Gasteiger partial charge in [0.2, 0.25) is 0 Å². The number of piperidine rings is 1. The lowest BCUT2D eigenvalue weighted by Crippen LogP contribution is -2.37. The Hall–Kier alpha value is -1.68. The van der Waals surface area contributed by atoms with Crippen molar-refractivity contribution in [2.45, 2.75) is 26.3 Å². The van der Waals surface area contributed by atoms with Gasteiger partial charge in [-0.3, -0.25) is 4.98 Å². The third kappa shape index (κ3) is 2.68. The third-order valence-electron chi connectivity index (χ3n) is 4.03. The summed E-state index contributed by atoms with van der Waals surface area (Å²) >= 11 is 0. The van der Waals surface area contributed by atoms with E-state index in [1.807, 2.05) is 24.8 Å². The second-order valence-electron chi connectivity index (χ2n) is 5.71. The summed E-state index contributed by atoms with van der Waals surface area (Å²) in [4.78, 5) is 8.51. The molecule has 0 aromatic carbocycles. The predicted molar refractivity (Wildman–Crippen MR) is 75.7 cm³/mol. The van der Waals surface area contributed by atoms with E-state index in [4.69, 9.17) is 0 Å². The van der Waals surface area contributed by atoms with Crippen LogP contribution in [0.5, 0.6) is 0 Å². The van der Waals surface area contributed by atoms with Crippen molar-refractivity contribution in [1.29, 1.82) is 0 Å². The highest BCUT2D eigenvalue weighted by molar-refractivity contribution is 5.57. The van der Waals surface area contributed by atoms with Gasteiger partial charge in [-0.2, -0.15) is 0 Å². The smallest absolute Gasteiger partial charge is 0.0951 e. The van der Waals surface area contributed by atoms with Crippen molar-refractivity contribution in [3.05, 3.63) is 37.1 Å². The predicted octanol–water partition coefficient (Wildman–Crippen LogP) is 2.33. The fourth-order valence-corrected chi connectivity index (χ4v) is 2.80. The molecule has 0 atom stereocenters. The van der Waals surface area contributed by atoms with Gasteiger partial charge in [-0.25, -0.2) is 4.98 Å². The van der Waals surface area contributed by atoms with E-state index in [1.54, 1.807) is 6.20 Å². The van der Waals surface area contributed by atoms with Gasteiger partial charge >= 0.3 is 0 Å². The molecule has 0 saturated carbocycles. The molecule has 0 unspecified atom stereocenters. The maximum Gasteiger partial charge on any atom is 0.0951 e. The van der Waals surface area contributed by atoms with Crippen LogP contribution >= 0.6 is 0 Å². The van der Waals surface area contributed by atoms with Crippen LogP contribution in [0.2, 0.25) is 0 Å². The summed E-state index contributed by atoms with van der Waals surface area (Å²) in [6.07, 6.45) is 10.0. The fourth-order valence-electron chi connectivity index (χ4n) is 2.80. The number of hydrogen-bond acceptors (Lipinski definition) is 3. The highest BCUT2D eigenvalue weighted by Crippen LogP contribution is 2.31. The Labute approximate surface area is 113 Å². The summed E-state index contributed by atoms with van der Waals surface area (Å²) in [7, 11) is 0. The minimum atomic E-state index is 0.364. The third-order valence-corrected chi connectivity index (χ3v) is 4.03. The van der Waals surface area contributed by atoms with E-state index in [0.717, 1.165) is 30.9 Å². The molecule has 1 aliphatic rings. The van der Waals surface area contributed by atoms with Gasteiger partial charge in [0.25, 0.3) is 0 Å². The summed E-state index contributed by atoms with van der Waals surface area (Å²) in [5.41, 5.74) is 2.66. The first-order valence-electron chi connectivity index (χ1n) is 6.88. The van der Waals surface area contributed by atoms with E-state index in [-0.39, 0.29) is 0 Å². The zero-order valence-corrected chi connectivity index (χ0v) is 11.3. The summed E-state index contributed by atoms with van der Waals surface area (Å²) in [5.74, 6) is 0. The first-order chi connectivity index (χ1) is 9.27. The molecule has 3 rings (SSSR count). The molecule has 100 valence electrons. The van der Waals surface area contributed by atoms with Crippen molar-refractivity contribution in [2.75, 3.05) is 13.1 Å². The number of pyridine rings is 1. The SMILES string of the molecule is CC1(Cn2cncc2-c2cccnc2)CCNCC1. The quantitative estimate of drug-likeness (QED) is 0.916. The highest BCUT2D eigenvalue weighted by Gasteiger charge is 2.27. The van der Waals surface area contributed by atoms with Crippen LogP contribution in [0.25, 0.3) is 11.3 Å². The van der Waals surface area contributed by atoms with Crippen LogP contribution in [-0.4, -0.2) is 27.6 Å². The number of aromatic nitrogens is 3. The van der Waals surface area contributed by atoms with E-state index >= 15 is 0 Å². The lowest BCUT2D eigenvalue weighted by molar-refractivity contribution is 0.195. The van der Waals surface area contributed by atoms with Gasteiger partial charge in [-0.15, -0.1) is 0 Å². The van der Waals surface area contributed by atoms with Gasteiger partial charge < -0.3 is 9.88 Å². The molecule has 0 spiro atoms. The molecule has 0 bridgehead atoms. The minimum Gasteiger partial charge on any atom is -0.330 e. The molecule has 1 aliphatic heterocycles. The second-order valence-corrected chi connectivity index (χ2v) is 5.71. The fraction of sp³-hybridized carbons (Fsp3) is 0.467. The summed E-state index contributed by atoms with van der Waals surface area (Å²) in [5, 5.41) is 3.43. The van der Waals surface area contributed by atoms with Crippen LogP contribution in [0.15, 0.2) is 37.1 Å². The topological polar surface area (TPSA) is 42.7 Å². The Kier molecular flexibility index (Phi) is 3.34. The van der Waals surface area contributed by atoms with Crippen LogP contribution in [0.1, 0.15) is 19.8 Å². The van der Waals surface area contributed by atoms with E-state index in [1.165, 1.54) is 12.8 Å². The van der Waals surface area contributed by atoms with Gasteiger partial charge in [0, 0.05) is 24.5 Å². The molecule has 2 aromatic rings. The van der Waals surface area contributed by atoms with Crippen LogP contribution in [-0.2, 0) is 6.54 Å². The van der Waals surface area contributed by atoms with Crippen LogP contribution in [0, 0.1) is 5.41 Å². The lowest BCUT2D eigenvalue weighted by atomic mass is 9.81. The van der Waals surface area contributed by atoms with Gasteiger partial charge in [0.15, 0.2) is 0 Å². The molecule has 4 heteroatoms. The van der Waals surface area contributed by atoms with E-state index in [2.05, 4.69) is 32.8 Å². The van der Waals surface area contributed by atoms with Gasteiger partial charge in [0.05, 0.1) is 18.2 Å². The van der Waals surface area contributed by atoms with Crippen LogP contribution in [0.4, 0.5) is 0 Å². The van der Waals surface area contributed by atoms with Crippen LogP contribution in [0.3, 0.4) is 0 Å². The van der Waals surface area contributed by atoms with E-state index in [0.29, 0.717) is 5.41 Å². The number of rotatable bonds is 3. The van der Waals surface area contributed by atoms with E-state index in [9.17, 15) is 0 Å². The first-order valence-corrected chi connectivity index (χ1v) is 6.88. The van der Waals surface area contributed by atoms with Crippen molar-refractivity contribution in [3.63, 3.8) is 0 Å². The highest BCUT2D eigenvalue weighted by atomic mass is 15.1. The molecule has 0 aliphatic carbocycles. The molecule has 3 heterocycles. The molecule has 1 saturated heterocycles. The van der Waals surface area contributed by atoms with Crippen molar-refractivity contribution in [2.24, 2.45) is 5.41 Å². The monoisotopic (exact) mass is 256 g/mol. The second kappa shape index (κ2) is 5.13. The normalized spacial score (nSPS) is 18.4. The molecule has 19 heavy (non-hydrogen) atoms. The standard InChI is InChI=1S/C15H20N4/c1-15(4-7-16-8-5-15)11-19-12-18-10-14(19)13-3-2-6-17-9-13/h2-3,6,9-10,12,16H,4-5,7-8,11H2,1H3. The Morgan fingerprint density at radius 2 is 2.11 bits per heavy atom. The Morgan fingerprint density at radius 3 is 2.84 bits per heavy atom. The summed E-state index contributed by atoms with van der Waals surface area (Å²) in [6, 6.07) is 4.06. The summed E-state index contributed by atoms with van der Waals surface area (Å²) < 4.78 is 2.27. The molecule has 1 N–H and O–H groups in total. The van der Waals surface area contributed by atoms with Crippen molar-refractivity contribution >= 4 is 0 Å². The molecule has 0 radical (unpaired) electrons. The molecule has 1 fully saturated rings. The maximum absolute atomic E-state index is 4.31. The molecular formula is C15H20N4. The van der Waals surface area contributed by atoms with Gasteiger partial charge in [-0.1, -0.05) is 6.92 Å². The minimum absolute atomic E-state index is 0.364. The van der Waals surface area contributed by atoms with Gasteiger partial charge in [0.1, 0.15) is 0 Å². The number of imidazole rings is 1. The van der Waals surface area contributed by atoms with Crippen molar-refractivity contribution < 1.29 is 0 Å². The Balaban J connectivity index is 1.84. The zero-order valence-electron chi connectivity index (χ0n) is 11.3. The molecule has 0 amide bonds. The number of nitrogens with one attached hydrogen (secondary N) is 1. The largest absolute Gasteiger partial charge is 0.330 e. The first kappa shape index (κ1) is 12.4. The van der Waals surface area contributed by atoms with Crippen LogP contribution < -0.4 is 5.32 Å². The summed E-state index contributed by atoms with van der Waals surface area (Å²) in [6.45, 7) is 5.64. The number of hydrogen-bond donors (Lipinski definition) is 1. The maximum atomic E-state index is 4.31. The molecule has 4 nitrogen and oxygen atoms in total. The molecular weight excluding hydrogens is 236 g/mol. The zero-order chi connectivity index (χ0) is 13.1. The average Bonchev–Trinajstić information content (AvgIpc) is 2.88. The Morgan fingerprint density at radius 1 is 1.26 bits per heavy atom. The van der Waals surface area contributed by atoms with Gasteiger partial charge in [-0.05, 0) is 43.5 Å². The number of nitrogens with zero attached hydrogens (tertiary/aromatic N) is 3. The van der Waals surface area contributed by atoms with E-state index < -0.39 is 0 Å². The Bertz CT molecular complexity index is 526. The van der Waals surface area contributed by atoms with Crippen molar-refractivity contribution in [3.8, 4) is 11.3 Å². The average molecular weight is 256 g/mol. The van der Waals surface area contributed by atoms with Crippen molar-refractivity contribution in [1.82, 2.24) is 19.9 Å². The lowest BCUT2D eigenvalue weighted by Gasteiger charge is -2.34. The molecule has 2 aromatic heterocycles.